The maximum atomic E-state index is 13.3. The zero-order chi connectivity index (χ0) is 31.7. The Kier molecular flexibility index (Phi) is 12.1. The van der Waals surface area contributed by atoms with Crippen molar-refractivity contribution in [3.63, 3.8) is 0 Å². The highest BCUT2D eigenvalue weighted by atomic mass is 16.5. The number of ketones is 1. The fourth-order valence-corrected chi connectivity index (χ4v) is 3.68. The number of rotatable bonds is 11. The number of benzene rings is 2. The Bertz CT molecular complexity index is 1340. The third-order valence-corrected chi connectivity index (χ3v) is 6.09. The molecule has 2 aromatic rings. The molecule has 0 aliphatic heterocycles. The van der Waals surface area contributed by atoms with Crippen LogP contribution in [0, 0.1) is 10.8 Å². The molecule has 2 rings (SSSR count). The lowest BCUT2D eigenvalue weighted by molar-refractivity contribution is -0.143. The lowest BCUT2D eigenvalue weighted by atomic mass is 9.95. The Morgan fingerprint density at radius 2 is 1.26 bits per heavy atom. The van der Waals surface area contributed by atoms with Crippen LogP contribution in [0.4, 0.5) is 0 Å². The lowest BCUT2D eigenvalue weighted by Gasteiger charge is -2.24. The first-order valence-corrected chi connectivity index (χ1v) is 14.4. The molecule has 0 saturated heterocycles. The van der Waals surface area contributed by atoms with Gasteiger partial charge in [-0.3, -0.25) is 14.4 Å². The molecule has 0 aromatic heterocycles. The number of ether oxygens (including phenoxy) is 3. The molecule has 0 atom stereocenters. The molecular weight excluding hydrogens is 528 g/mol. The van der Waals surface area contributed by atoms with Crippen molar-refractivity contribution in [3.05, 3.63) is 83.0 Å². The monoisotopic (exact) mass is 574 g/mol. The van der Waals surface area contributed by atoms with Gasteiger partial charge in [0.05, 0.1) is 22.5 Å². The van der Waals surface area contributed by atoms with Crippen LogP contribution in [0.5, 0.6) is 17.2 Å². The van der Waals surface area contributed by atoms with Gasteiger partial charge in [-0.1, -0.05) is 24.3 Å². The molecule has 0 unspecified atom stereocenters. The minimum absolute atomic E-state index is 0.159. The molecule has 0 heterocycles. The average molecular weight is 575 g/mol. The van der Waals surface area contributed by atoms with Crippen molar-refractivity contribution in [3.8, 4) is 17.2 Å². The molecule has 42 heavy (non-hydrogen) atoms. The summed E-state index contributed by atoms with van der Waals surface area (Å²) in [4.78, 5) is 38.6. The molecule has 0 fully saturated rings. The van der Waals surface area contributed by atoms with E-state index in [4.69, 9.17) is 14.2 Å². The summed E-state index contributed by atoms with van der Waals surface area (Å²) in [5.41, 5.74) is 1.31. The second-order valence-electron chi connectivity index (χ2n) is 12.5. The molecular formula is C36H46O6. The van der Waals surface area contributed by atoms with E-state index in [1.54, 1.807) is 71.9 Å². The van der Waals surface area contributed by atoms with Gasteiger partial charge in [0.15, 0.2) is 5.78 Å². The predicted molar refractivity (Wildman–Crippen MR) is 169 cm³/mol. The van der Waals surface area contributed by atoms with Crippen LogP contribution < -0.4 is 14.2 Å². The number of hydrogen-bond acceptors (Lipinski definition) is 6. The van der Waals surface area contributed by atoms with Gasteiger partial charge in [-0.05, 0) is 136 Å². The first-order chi connectivity index (χ1) is 19.6. The quantitative estimate of drug-likeness (QED) is 0.0880. The van der Waals surface area contributed by atoms with Crippen LogP contribution in [0.15, 0.2) is 60.7 Å². The summed E-state index contributed by atoms with van der Waals surface area (Å²) < 4.78 is 17.8. The smallest absolute Gasteiger partial charge is 0.316 e. The molecule has 0 amide bonds. The number of carbonyl (C=O) groups excluding carboxylic acids is 3. The summed E-state index contributed by atoms with van der Waals surface area (Å²) in [6, 6.07) is 8.44. The number of esters is 2. The van der Waals surface area contributed by atoms with Crippen LogP contribution in [0.1, 0.15) is 96.3 Å². The molecule has 6 heteroatoms. The zero-order valence-electron chi connectivity index (χ0n) is 26.8. The van der Waals surface area contributed by atoms with Gasteiger partial charge in [0.25, 0.3) is 0 Å². The zero-order valence-corrected chi connectivity index (χ0v) is 26.8. The van der Waals surface area contributed by atoms with Gasteiger partial charge >= 0.3 is 11.9 Å². The van der Waals surface area contributed by atoms with Gasteiger partial charge < -0.3 is 14.2 Å². The largest absolute Gasteiger partial charge is 0.490 e. The van der Waals surface area contributed by atoms with E-state index in [9.17, 15) is 14.4 Å². The molecule has 0 bridgehead atoms. The predicted octanol–water partition coefficient (Wildman–Crippen LogP) is 8.51. The highest BCUT2D eigenvalue weighted by molar-refractivity contribution is 6.07. The van der Waals surface area contributed by atoms with E-state index in [2.05, 4.69) is 0 Å². The fraction of sp³-hybridized carbons (Fsp3) is 0.417. The van der Waals surface area contributed by atoms with Crippen molar-refractivity contribution in [2.75, 3.05) is 0 Å². The number of hydrogen-bond donors (Lipinski definition) is 0. The molecule has 0 aliphatic carbocycles. The van der Waals surface area contributed by atoms with E-state index >= 15 is 0 Å². The number of carbonyl (C=O) groups is 3. The average Bonchev–Trinajstić information content (AvgIpc) is 2.90. The molecule has 0 aliphatic rings. The molecule has 6 nitrogen and oxygen atoms in total. The van der Waals surface area contributed by atoms with Gasteiger partial charge in [0.2, 0.25) is 0 Å². The van der Waals surface area contributed by atoms with Gasteiger partial charge in [-0.15, -0.1) is 0 Å². The Balaban J connectivity index is 2.66. The fourth-order valence-electron chi connectivity index (χ4n) is 3.68. The van der Waals surface area contributed by atoms with E-state index in [1.165, 1.54) is 6.08 Å². The second-order valence-corrected chi connectivity index (χ2v) is 12.5. The third kappa shape index (κ3) is 9.86. The Labute approximate surface area is 251 Å². The summed E-state index contributed by atoms with van der Waals surface area (Å²) in [6.45, 7) is 18.5. The SMILES string of the molecule is CC=CCc1cc(CC=CC)c(OC(C)C)c(C=CC(=O)c2ccc(OC(=O)C(C)(C)C)cc2)c1OC(=O)C(C)(C)C. The van der Waals surface area contributed by atoms with Crippen molar-refractivity contribution >= 4 is 23.8 Å². The van der Waals surface area contributed by atoms with Gasteiger partial charge in [-0.25, -0.2) is 0 Å². The normalized spacial score (nSPS) is 12.5. The Hall–Kier alpha value is -3.93. The van der Waals surface area contributed by atoms with Crippen LogP contribution in [0.2, 0.25) is 0 Å². The van der Waals surface area contributed by atoms with E-state index in [0.717, 1.165) is 11.1 Å². The molecule has 0 radical (unpaired) electrons. The van der Waals surface area contributed by atoms with E-state index < -0.39 is 10.8 Å². The maximum Gasteiger partial charge on any atom is 0.316 e. The van der Waals surface area contributed by atoms with Crippen molar-refractivity contribution < 1.29 is 28.6 Å². The van der Waals surface area contributed by atoms with E-state index in [-0.39, 0.29) is 23.8 Å². The minimum Gasteiger partial charge on any atom is -0.490 e. The first kappa shape index (κ1) is 34.3. The number of allylic oxidation sites excluding steroid dienone is 5. The van der Waals surface area contributed by atoms with Crippen LogP contribution in [0.25, 0.3) is 6.08 Å². The lowest BCUT2D eigenvalue weighted by Crippen LogP contribution is -2.26. The summed E-state index contributed by atoms with van der Waals surface area (Å²) in [7, 11) is 0. The minimum atomic E-state index is -0.741. The van der Waals surface area contributed by atoms with Crippen molar-refractivity contribution in [2.24, 2.45) is 10.8 Å². The van der Waals surface area contributed by atoms with E-state index in [0.29, 0.717) is 41.2 Å². The maximum absolute atomic E-state index is 13.3. The van der Waals surface area contributed by atoms with Crippen LogP contribution >= 0.6 is 0 Å². The Morgan fingerprint density at radius 3 is 1.74 bits per heavy atom. The topological polar surface area (TPSA) is 78.9 Å². The first-order valence-electron chi connectivity index (χ1n) is 14.4. The molecule has 0 spiro atoms. The highest BCUT2D eigenvalue weighted by Gasteiger charge is 2.28. The summed E-state index contributed by atoms with van der Waals surface area (Å²) in [6.07, 6.45) is 12.1. The van der Waals surface area contributed by atoms with Crippen molar-refractivity contribution in [2.45, 2.75) is 88.2 Å². The third-order valence-electron chi connectivity index (χ3n) is 6.09. The van der Waals surface area contributed by atoms with Crippen LogP contribution in [-0.2, 0) is 22.4 Å². The second kappa shape index (κ2) is 14.8. The molecule has 0 saturated carbocycles. The van der Waals surface area contributed by atoms with E-state index in [1.807, 2.05) is 58.1 Å². The van der Waals surface area contributed by atoms with Crippen molar-refractivity contribution in [1.29, 1.82) is 0 Å². The highest BCUT2D eigenvalue weighted by Crippen LogP contribution is 2.40. The Morgan fingerprint density at radius 1 is 0.762 bits per heavy atom. The standard InChI is InChI=1S/C36H46O6/c1-11-13-15-26-23-27(16-14-12-2)32(42-34(39)36(8,9)10)29(31(26)40-24(3)4)21-22-30(37)25-17-19-28(20-18-25)41-33(38)35(5,6)7/h11-14,17-24H,15-16H2,1-10H3. The van der Waals surface area contributed by atoms with Gasteiger partial charge in [-0.2, -0.15) is 0 Å². The van der Waals surface area contributed by atoms with Gasteiger partial charge in [0, 0.05) is 5.56 Å². The van der Waals surface area contributed by atoms with Crippen LogP contribution in [0.3, 0.4) is 0 Å². The van der Waals surface area contributed by atoms with Crippen molar-refractivity contribution in [1.82, 2.24) is 0 Å². The summed E-state index contributed by atoms with van der Waals surface area (Å²) in [5.74, 6) is 0.301. The summed E-state index contributed by atoms with van der Waals surface area (Å²) >= 11 is 0. The molecule has 226 valence electrons. The van der Waals surface area contributed by atoms with Gasteiger partial charge in [0.1, 0.15) is 17.2 Å². The molecule has 0 N–H and O–H groups in total. The summed E-state index contributed by atoms with van der Waals surface area (Å²) in [5, 5.41) is 0. The van der Waals surface area contributed by atoms with Crippen LogP contribution in [-0.4, -0.2) is 23.8 Å². The molecule has 2 aromatic carbocycles.